The lowest BCUT2D eigenvalue weighted by atomic mass is 9.99. The van der Waals surface area contributed by atoms with Gasteiger partial charge in [-0.25, -0.2) is 18.6 Å². The molecule has 1 unspecified atom stereocenters. The van der Waals surface area contributed by atoms with Crippen LogP contribution in [-0.4, -0.2) is 38.5 Å². The van der Waals surface area contributed by atoms with Gasteiger partial charge in [0.05, 0.1) is 17.3 Å². The predicted octanol–water partition coefficient (Wildman–Crippen LogP) is 5.22. The first-order valence-electron chi connectivity index (χ1n) is 8.39. The molecule has 2 aromatic rings. The Morgan fingerprint density at radius 1 is 1.31 bits per heavy atom. The maximum atomic E-state index is 14.2. The molecule has 1 aliphatic heterocycles. The number of hydrogen-bond acceptors (Lipinski definition) is 3. The minimum Gasteiger partial charge on any atom is -0.465 e. The Bertz CT molecular complexity index is 950. The second-order valence-electron chi connectivity index (χ2n) is 6.35. The average Bonchev–Trinajstić information content (AvgIpc) is 2.97. The van der Waals surface area contributed by atoms with Crippen molar-refractivity contribution in [2.24, 2.45) is 0 Å². The normalized spacial score (nSPS) is 16.8. The van der Waals surface area contributed by atoms with Gasteiger partial charge in [-0.05, 0) is 30.7 Å². The highest BCUT2D eigenvalue weighted by molar-refractivity contribution is 7.98. The summed E-state index contributed by atoms with van der Waals surface area (Å²) in [7, 11) is 0. The Morgan fingerprint density at radius 2 is 2.00 bits per heavy atom. The van der Waals surface area contributed by atoms with E-state index < -0.39 is 35.5 Å². The van der Waals surface area contributed by atoms with Gasteiger partial charge < -0.3 is 9.67 Å². The summed E-state index contributed by atoms with van der Waals surface area (Å²) in [4.78, 5) is 16.9. The zero-order valence-electron chi connectivity index (χ0n) is 14.9. The van der Waals surface area contributed by atoms with Crippen molar-refractivity contribution in [2.75, 3.05) is 12.8 Å². The van der Waals surface area contributed by atoms with Gasteiger partial charge in [0.15, 0.2) is 21.9 Å². The summed E-state index contributed by atoms with van der Waals surface area (Å²) >= 11 is 7.52. The van der Waals surface area contributed by atoms with Crippen LogP contribution in [0.25, 0.3) is 0 Å². The van der Waals surface area contributed by atoms with E-state index in [0.717, 1.165) is 11.0 Å². The summed E-state index contributed by atoms with van der Waals surface area (Å²) < 4.78 is 67.9. The van der Waals surface area contributed by atoms with Gasteiger partial charge in [-0.15, -0.1) is 0 Å². The van der Waals surface area contributed by atoms with Crippen LogP contribution in [0.3, 0.4) is 0 Å². The molecule has 0 aliphatic carbocycles. The van der Waals surface area contributed by atoms with E-state index in [1.807, 2.05) is 0 Å². The number of aromatic nitrogens is 2. The maximum Gasteiger partial charge on any atom is 0.419 e. The smallest absolute Gasteiger partial charge is 0.419 e. The number of alkyl halides is 3. The molecule has 158 valence electrons. The zero-order chi connectivity index (χ0) is 21.5. The Labute approximate surface area is 171 Å². The molecule has 5 nitrogen and oxygen atoms in total. The fourth-order valence-electron chi connectivity index (χ4n) is 3.43. The van der Waals surface area contributed by atoms with Crippen LogP contribution in [0.15, 0.2) is 17.3 Å². The van der Waals surface area contributed by atoms with E-state index in [1.165, 1.54) is 11.8 Å². The van der Waals surface area contributed by atoms with Crippen molar-refractivity contribution in [2.45, 2.75) is 36.8 Å². The Kier molecular flexibility index (Phi) is 6.00. The first-order chi connectivity index (χ1) is 13.6. The summed E-state index contributed by atoms with van der Waals surface area (Å²) in [5.74, 6) is -3.57. The molecule has 29 heavy (non-hydrogen) atoms. The van der Waals surface area contributed by atoms with E-state index in [-0.39, 0.29) is 30.1 Å². The van der Waals surface area contributed by atoms with Gasteiger partial charge >= 0.3 is 12.3 Å². The van der Waals surface area contributed by atoms with Crippen LogP contribution in [0.4, 0.5) is 26.7 Å². The number of thioether (sulfide) groups is 1. The third-order valence-electron chi connectivity index (χ3n) is 4.77. The lowest BCUT2D eigenvalue weighted by molar-refractivity contribution is -0.140. The Hall–Kier alpha value is -2.01. The minimum atomic E-state index is -5.01. The van der Waals surface area contributed by atoms with Crippen molar-refractivity contribution in [3.63, 3.8) is 0 Å². The highest BCUT2D eigenvalue weighted by Crippen LogP contribution is 2.38. The Balaban J connectivity index is 1.92. The van der Waals surface area contributed by atoms with Crippen molar-refractivity contribution in [1.82, 2.24) is 14.5 Å². The lowest BCUT2D eigenvalue weighted by Gasteiger charge is -2.35. The molecule has 0 spiro atoms. The summed E-state index contributed by atoms with van der Waals surface area (Å²) in [6.07, 6.45) is -4.65. The van der Waals surface area contributed by atoms with Crippen LogP contribution in [0.2, 0.25) is 5.15 Å². The molecule has 1 aliphatic rings. The number of benzene rings is 1. The van der Waals surface area contributed by atoms with Gasteiger partial charge in [0.1, 0.15) is 0 Å². The number of nitrogens with zero attached hydrogens (tertiary/aromatic N) is 3. The van der Waals surface area contributed by atoms with Gasteiger partial charge in [0.25, 0.3) is 0 Å². The molecule has 0 fully saturated rings. The van der Waals surface area contributed by atoms with Crippen molar-refractivity contribution in [3.8, 4) is 0 Å². The predicted molar refractivity (Wildman–Crippen MR) is 96.2 cm³/mol. The average molecular weight is 456 g/mol. The van der Waals surface area contributed by atoms with Gasteiger partial charge in [-0.1, -0.05) is 29.4 Å². The summed E-state index contributed by atoms with van der Waals surface area (Å²) in [5.41, 5.74) is -1.54. The fraction of sp³-hybridized carbons (Fsp3) is 0.412. The largest absolute Gasteiger partial charge is 0.465 e. The number of carboxylic acid groups (broad SMARTS) is 1. The van der Waals surface area contributed by atoms with E-state index in [2.05, 4.69) is 4.98 Å². The molecule has 1 amide bonds. The number of aryl methyl sites for hydroxylation is 1. The number of halogens is 6. The number of carbonyl (C=O) groups is 1. The molecule has 0 saturated heterocycles. The summed E-state index contributed by atoms with van der Waals surface area (Å²) in [6.45, 7) is 0.467. The monoisotopic (exact) mass is 455 g/mol. The highest BCUT2D eigenvalue weighted by atomic mass is 35.5. The molecule has 0 radical (unpaired) electrons. The molecule has 0 saturated carbocycles. The molecule has 1 aromatic carbocycles. The highest BCUT2D eigenvalue weighted by Gasteiger charge is 2.37. The van der Waals surface area contributed by atoms with Gasteiger partial charge in [-0.3, -0.25) is 4.90 Å². The minimum absolute atomic E-state index is 0.00669. The number of rotatable bonds is 4. The zero-order valence-corrected chi connectivity index (χ0v) is 16.5. The van der Waals surface area contributed by atoms with Crippen LogP contribution in [0.5, 0.6) is 0 Å². The maximum absolute atomic E-state index is 14.2. The number of imidazole rings is 1. The van der Waals surface area contributed by atoms with Crippen LogP contribution >= 0.6 is 23.4 Å². The van der Waals surface area contributed by atoms with E-state index in [1.54, 1.807) is 10.8 Å². The third kappa shape index (κ3) is 4.02. The van der Waals surface area contributed by atoms with Gasteiger partial charge in [0.2, 0.25) is 0 Å². The second-order valence-corrected chi connectivity index (χ2v) is 7.49. The first-order valence-corrected chi connectivity index (χ1v) is 10.00. The topological polar surface area (TPSA) is 58.4 Å². The molecular formula is C17H15ClF5N3O2S. The van der Waals surface area contributed by atoms with Crippen LogP contribution in [-0.2, 0) is 19.1 Å². The molecule has 1 aromatic heterocycles. The van der Waals surface area contributed by atoms with Crippen LogP contribution < -0.4 is 0 Å². The molecule has 3 rings (SSSR count). The molecule has 12 heteroatoms. The van der Waals surface area contributed by atoms with Crippen LogP contribution in [0, 0.1) is 11.6 Å². The fourth-order valence-corrected chi connectivity index (χ4v) is 4.38. The number of hydrogen-bond donors (Lipinski definition) is 1. The summed E-state index contributed by atoms with van der Waals surface area (Å²) in [5, 5.41) is 10.2. The SMILES string of the molecule is CSc1nc(Cl)c2n1CCN(C(=O)O)C2CCc1ccc(C(F)(F)F)c(F)c1F. The number of amides is 1. The van der Waals surface area contributed by atoms with Crippen molar-refractivity contribution >= 4 is 29.5 Å². The quantitative estimate of drug-likeness (QED) is 0.507. The van der Waals surface area contributed by atoms with E-state index in [9.17, 15) is 31.9 Å². The Morgan fingerprint density at radius 3 is 2.59 bits per heavy atom. The van der Waals surface area contributed by atoms with E-state index >= 15 is 0 Å². The van der Waals surface area contributed by atoms with E-state index in [0.29, 0.717) is 23.5 Å². The lowest BCUT2D eigenvalue weighted by Crippen LogP contribution is -2.41. The van der Waals surface area contributed by atoms with Crippen molar-refractivity contribution in [1.29, 1.82) is 0 Å². The van der Waals surface area contributed by atoms with Gasteiger partial charge in [-0.2, -0.15) is 13.2 Å². The van der Waals surface area contributed by atoms with Gasteiger partial charge in [0, 0.05) is 13.1 Å². The number of fused-ring (bicyclic) bond motifs is 1. The summed E-state index contributed by atoms with van der Waals surface area (Å²) in [6, 6.07) is 0.542. The molecule has 1 atom stereocenters. The third-order valence-corrected chi connectivity index (χ3v) is 5.72. The van der Waals surface area contributed by atoms with E-state index in [4.69, 9.17) is 11.6 Å². The first kappa shape index (κ1) is 21.7. The van der Waals surface area contributed by atoms with Crippen molar-refractivity contribution in [3.05, 3.63) is 45.7 Å². The molecule has 1 N–H and O–H groups in total. The van der Waals surface area contributed by atoms with Crippen LogP contribution in [0.1, 0.15) is 29.3 Å². The van der Waals surface area contributed by atoms with Crippen molar-refractivity contribution < 1.29 is 31.9 Å². The molecule has 2 heterocycles. The molecule has 0 bridgehead atoms. The second kappa shape index (κ2) is 8.02. The standard InChI is InChI=1S/C17H15ClF5N3O2S/c1-29-15-24-14(18)13-10(25(16(27)28)6-7-26(13)15)5-3-8-2-4-9(17(21,22)23)12(20)11(8)19/h2,4,10H,3,5-7H2,1H3,(H,27,28). The molecular weight excluding hydrogens is 441 g/mol.